The molecule has 0 unspecified atom stereocenters. The quantitative estimate of drug-likeness (QED) is 0.922. The Morgan fingerprint density at radius 3 is 3.19 bits per heavy atom. The van der Waals surface area contributed by atoms with Gasteiger partial charge in [-0.1, -0.05) is 5.16 Å². The number of fused-ring (bicyclic) bond motifs is 1. The zero-order valence-electron chi connectivity index (χ0n) is 12.1. The maximum Gasteiger partial charge on any atom is 0.255 e. The monoisotopic (exact) mass is 289 g/mol. The van der Waals surface area contributed by atoms with Gasteiger partial charge >= 0.3 is 0 Å². The molecular formula is C14H19N5O2. The van der Waals surface area contributed by atoms with Crippen LogP contribution in [-0.4, -0.2) is 38.2 Å². The smallest absolute Gasteiger partial charge is 0.255 e. The third kappa shape index (κ3) is 2.58. The summed E-state index contributed by atoms with van der Waals surface area (Å²) < 4.78 is 10.9. The van der Waals surface area contributed by atoms with Crippen LogP contribution in [-0.2, 0) is 24.2 Å². The van der Waals surface area contributed by atoms with Gasteiger partial charge in [-0.25, -0.2) is 4.98 Å². The summed E-state index contributed by atoms with van der Waals surface area (Å²) in [5, 5.41) is 4.08. The van der Waals surface area contributed by atoms with Crippen molar-refractivity contribution in [2.24, 2.45) is 0 Å². The lowest BCUT2D eigenvalue weighted by molar-refractivity contribution is 0.0835. The Labute approximate surface area is 122 Å². The predicted octanol–water partition coefficient (Wildman–Crippen LogP) is 1.51. The van der Waals surface area contributed by atoms with Gasteiger partial charge in [-0.15, -0.1) is 0 Å². The first-order chi connectivity index (χ1) is 10.3. The van der Waals surface area contributed by atoms with Gasteiger partial charge in [-0.05, 0) is 19.8 Å². The van der Waals surface area contributed by atoms with Gasteiger partial charge in [0, 0.05) is 26.1 Å². The molecule has 4 rings (SSSR count). The summed E-state index contributed by atoms with van der Waals surface area (Å²) in [6, 6.07) is 0. The molecule has 2 aromatic rings. The lowest BCUT2D eigenvalue weighted by Crippen LogP contribution is -2.30. The van der Waals surface area contributed by atoms with Crippen LogP contribution in [0.25, 0.3) is 0 Å². The fourth-order valence-electron chi connectivity index (χ4n) is 3.06. The number of aryl methyl sites for hydroxylation is 1. The number of ether oxygens (including phenoxy) is 1. The van der Waals surface area contributed by atoms with Gasteiger partial charge in [-0.3, -0.25) is 4.90 Å². The molecule has 0 saturated carbocycles. The molecule has 7 heteroatoms. The second kappa shape index (κ2) is 5.23. The molecule has 1 saturated heterocycles. The molecule has 2 aliphatic heterocycles. The van der Waals surface area contributed by atoms with Gasteiger partial charge in [0.25, 0.3) is 5.89 Å². The number of rotatable bonds is 3. The maximum absolute atomic E-state index is 5.57. The van der Waals surface area contributed by atoms with Gasteiger partial charge in [0.05, 0.1) is 17.9 Å². The first-order valence-electron chi connectivity index (χ1n) is 7.49. The summed E-state index contributed by atoms with van der Waals surface area (Å²) in [4.78, 5) is 14.6. The predicted molar refractivity (Wildman–Crippen MR) is 73.4 cm³/mol. The zero-order valence-corrected chi connectivity index (χ0v) is 12.1. The molecule has 2 aliphatic rings. The van der Waals surface area contributed by atoms with Crippen molar-refractivity contribution in [2.75, 3.05) is 13.2 Å². The van der Waals surface area contributed by atoms with E-state index < -0.39 is 0 Å². The Hall–Kier alpha value is -1.73. The van der Waals surface area contributed by atoms with Gasteiger partial charge in [0.1, 0.15) is 11.9 Å². The molecule has 0 aliphatic carbocycles. The summed E-state index contributed by atoms with van der Waals surface area (Å²) in [6.07, 6.45) is 3.00. The molecule has 0 bridgehead atoms. The number of imidazole rings is 1. The molecule has 112 valence electrons. The van der Waals surface area contributed by atoms with Crippen molar-refractivity contribution in [1.82, 2.24) is 25.0 Å². The summed E-state index contributed by atoms with van der Waals surface area (Å²) in [5.41, 5.74) is 2.40. The second-order valence-electron chi connectivity index (χ2n) is 5.76. The van der Waals surface area contributed by atoms with Crippen molar-refractivity contribution in [2.45, 2.75) is 45.4 Å². The molecule has 1 fully saturated rings. The van der Waals surface area contributed by atoms with E-state index in [0.717, 1.165) is 50.6 Å². The van der Waals surface area contributed by atoms with Crippen LogP contribution in [0.4, 0.5) is 0 Å². The fraction of sp³-hybridized carbons (Fsp3) is 0.643. The number of aromatic nitrogens is 4. The zero-order chi connectivity index (χ0) is 14.2. The van der Waals surface area contributed by atoms with Gasteiger partial charge < -0.3 is 14.2 Å². The average molecular weight is 289 g/mol. The van der Waals surface area contributed by atoms with Crippen LogP contribution in [0.1, 0.15) is 47.9 Å². The highest BCUT2D eigenvalue weighted by Crippen LogP contribution is 2.27. The Kier molecular flexibility index (Phi) is 3.23. The first kappa shape index (κ1) is 13.0. The Morgan fingerprint density at radius 2 is 2.33 bits per heavy atom. The summed E-state index contributed by atoms with van der Waals surface area (Å²) in [6.45, 7) is 5.32. The minimum absolute atomic E-state index is 0.00512. The standard InChI is InChI=1S/C14H19N5O2/c1-9-15-10-4-5-19(7-11(10)16-9)8-13-17-14(21-18-13)12-3-2-6-20-12/h12H,2-8H2,1H3,(H,15,16)/t12-/m1/s1. The van der Waals surface area contributed by atoms with E-state index in [1.807, 2.05) is 6.92 Å². The Bertz CT molecular complexity index is 629. The van der Waals surface area contributed by atoms with Crippen LogP contribution in [0.5, 0.6) is 0 Å². The average Bonchev–Trinajstić information content (AvgIpc) is 3.16. The van der Waals surface area contributed by atoms with Crippen LogP contribution >= 0.6 is 0 Å². The van der Waals surface area contributed by atoms with E-state index in [1.54, 1.807) is 0 Å². The molecule has 0 spiro atoms. The van der Waals surface area contributed by atoms with Gasteiger partial charge in [0.2, 0.25) is 0 Å². The van der Waals surface area contributed by atoms with Gasteiger partial charge in [0.15, 0.2) is 5.82 Å². The number of aromatic amines is 1. The van der Waals surface area contributed by atoms with E-state index in [1.165, 1.54) is 11.4 Å². The molecule has 21 heavy (non-hydrogen) atoms. The molecule has 1 atom stereocenters. The van der Waals surface area contributed by atoms with Crippen molar-refractivity contribution < 1.29 is 9.26 Å². The molecule has 1 N–H and O–H groups in total. The molecule has 2 aromatic heterocycles. The molecule has 7 nitrogen and oxygen atoms in total. The molecule has 4 heterocycles. The number of H-pyrrole nitrogens is 1. The third-order valence-corrected chi connectivity index (χ3v) is 4.08. The van der Waals surface area contributed by atoms with Crippen molar-refractivity contribution in [3.8, 4) is 0 Å². The second-order valence-corrected chi connectivity index (χ2v) is 5.76. The molecule has 0 radical (unpaired) electrons. The minimum Gasteiger partial charge on any atom is -0.368 e. The van der Waals surface area contributed by atoms with Crippen LogP contribution in [0.15, 0.2) is 4.52 Å². The van der Waals surface area contributed by atoms with Crippen LogP contribution < -0.4 is 0 Å². The van der Waals surface area contributed by atoms with Gasteiger partial charge in [-0.2, -0.15) is 4.98 Å². The third-order valence-electron chi connectivity index (χ3n) is 4.08. The summed E-state index contributed by atoms with van der Waals surface area (Å²) >= 11 is 0. The number of hydrogen-bond acceptors (Lipinski definition) is 6. The molecule has 0 aromatic carbocycles. The van der Waals surface area contributed by atoms with E-state index in [9.17, 15) is 0 Å². The van der Waals surface area contributed by atoms with Crippen LogP contribution in [0.3, 0.4) is 0 Å². The molecular weight excluding hydrogens is 270 g/mol. The largest absolute Gasteiger partial charge is 0.368 e. The van der Waals surface area contributed by atoms with E-state index >= 15 is 0 Å². The van der Waals surface area contributed by atoms with Crippen LogP contribution in [0, 0.1) is 6.92 Å². The van der Waals surface area contributed by atoms with Crippen molar-refractivity contribution in [1.29, 1.82) is 0 Å². The van der Waals surface area contributed by atoms with Crippen LogP contribution in [0.2, 0.25) is 0 Å². The maximum atomic E-state index is 5.57. The van der Waals surface area contributed by atoms with E-state index in [4.69, 9.17) is 9.26 Å². The van der Waals surface area contributed by atoms with Crippen molar-refractivity contribution >= 4 is 0 Å². The normalized spacial score (nSPS) is 22.6. The topological polar surface area (TPSA) is 80.1 Å². The Morgan fingerprint density at radius 1 is 1.38 bits per heavy atom. The lowest BCUT2D eigenvalue weighted by atomic mass is 10.1. The van der Waals surface area contributed by atoms with Crippen molar-refractivity contribution in [3.05, 3.63) is 28.9 Å². The number of nitrogens with one attached hydrogen (secondary N) is 1. The van der Waals surface area contributed by atoms with Crippen molar-refractivity contribution in [3.63, 3.8) is 0 Å². The van der Waals surface area contributed by atoms with E-state index in [2.05, 4.69) is 25.0 Å². The summed E-state index contributed by atoms with van der Waals surface area (Å²) in [7, 11) is 0. The highest BCUT2D eigenvalue weighted by molar-refractivity contribution is 5.17. The Balaban J connectivity index is 1.42. The van der Waals surface area contributed by atoms with E-state index in [0.29, 0.717) is 12.4 Å². The molecule has 0 amide bonds. The fourth-order valence-corrected chi connectivity index (χ4v) is 3.06. The van der Waals surface area contributed by atoms with E-state index in [-0.39, 0.29) is 6.10 Å². The minimum atomic E-state index is -0.00512. The highest BCUT2D eigenvalue weighted by atomic mass is 16.5. The SMILES string of the molecule is Cc1nc2c([nH]1)CN(Cc1noc([C@H]3CCCO3)n1)CC2. The number of hydrogen-bond donors (Lipinski definition) is 1. The first-order valence-corrected chi connectivity index (χ1v) is 7.49. The highest BCUT2D eigenvalue weighted by Gasteiger charge is 2.25. The lowest BCUT2D eigenvalue weighted by Gasteiger charge is -2.24. The number of nitrogens with zero attached hydrogens (tertiary/aromatic N) is 4. The summed E-state index contributed by atoms with van der Waals surface area (Å²) in [5.74, 6) is 2.35.